The number of rotatable bonds is 2. The van der Waals surface area contributed by atoms with E-state index < -0.39 is 0 Å². The van der Waals surface area contributed by atoms with Crippen LogP contribution in [0, 0.1) is 17.2 Å². The van der Waals surface area contributed by atoms with E-state index in [1.807, 2.05) is 0 Å². The van der Waals surface area contributed by atoms with Crippen molar-refractivity contribution in [1.82, 2.24) is 3.11 Å². The molecule has 1 unspecified atom stereocenters. The molecule has 0 N–H and O–H groups in total. The Balaban J connectivity index is 2.36. The maximum atomic E-state index is 8.58. The summed E-state index contributed by atoms with van der Waals surface area (Å²) in [5.41, 5.74) is 0. The first-order valence-electron chi connectivity index (χ1n) is 4.47. The first-order chi connectivity index (χ1) is 5.74. The van der Waals surface area contributed by atoms with Gasteiger partial charge in [-0.25, -0.2) is 0 Å². The van der Waals surface area contributed by atoms with Crippen LogP contribution in [0.5, 0.6) is 0 Å². The molecule has 0 aromatic carbocycles. The summed E-state index contributed by atoms with van der Waals surface area (Å²) in [5.74, 6) is 0.658. The Morgan fingerprint density at radius 1 is 1.67 bits per heavy atom. The van der Waals surface area contributed by atoms with Crippen LogP contribution in [0.15, 0.2) is 0 Å². The Labute approximate surface area is 85.5 Å². The van der Waals surface area contributed by atoms with Gasteiger partial charge in [-0.15, -0.1) is 0 Å². The number of nitrogens with zero attached hydrogens (tertiary/aromatic N) is 2. The van der Waals surface area contributed by atoms with Gasteiger partial charge in [-0.1, -0.05) is 0 Å². The summed E-state index contributed by atoms with van der Waals surface area (Å²) < 4.78 is 3.97. The fraction of sp³-hybridized carbons (Fsp3) is 0.889. The monoisotopic (exact) mass is 279 g/mol. The van der Waals surface area contributed by atoms with Gasteiger partial charge in [0.05, 0.1) is 0 Å². The zero-order valence-electron chi connectivity index (χ0n) is 7.76. The van der Waals surface area contributed by atoms with Crippen LogP contribution in [0.3, 0.4) is 0 Å². The number of nitriles is 1. The molecule has 1 rings (SSSR count). The van der Waals surface area contributed by atoms with Crippen molar-refractivity contribution in [2.75, 3.05) is 11.0 Å². The summed E-state index contributed by atoms with van der Waals surface area (Å²) in [6.45, 7) is 5.70. The van der Waals surface area contributed by atoms with Crippen molar-refractivity contribution in [3.63, 3.8) is 0 Å². The molecule has 1 fully saturated rings. The van der Waals surface area contributed by atoms with Crippen LogP contribution < -0.4 is 21.5 Å². The fourth-order valence-electron chi connectivity index (χ4n) is 1.34. The van der Waals surface area contributed by atoms with Crippen molar-refractivity contribution in [2.24, 2.45) is 5.92 Å². The molecule has 1 aliphatic heterocycles. The van der Waals surface area contributed by atoms with Gasteiger partial charge in [0.15, 0.2) is 0 Å². The standard InChI is InChI=1S/C9H16IN2/c1-8(2)12-7-9(4-6-11)3-5-10-12/h8-9H,3-5,7H2,1-2H3/q-1. The third kappa shape index (κ3) is 2.91. The van der Waals surface area contributed by atoms with E-state index in [9.17, 15) is 0 Å². The summed E-state index contributed by atoms with van der Waals surface area (Å²) in [6.07, 6.45) is 2.05. The van der Waals surface area contributed by atoms with Crippen LogP contribution >= 0.6 is 0 Å². The molecule has 0 radical (unpaired) electrons. The average molecular weight is 279 g/mol. The molecule has 70 valence electrons. The zero-order chi connectivity index (χ0) is 8.97. The molecule has 0 bridgehead atoms. The molecule has 12 heavy (non-hydrogen) atoms. The Hall–Kier alpha value is 0.180. The van der Waals surface area contributed by atoms with Gasteiger partial charge >= 0.3 is 85.5 Å². The van der Waals surface area contributed by atoms with Gasteiger partial charge in [-0.2, -0.15) is 0 Å². The Bertz CT molecular complexity index is 174. The summed E-state index contributed by atoms with van der Waals surface area (Å²) in [4.78, 5) is 0. The molecular weight excluding hydrogens is 263 g/mol. The van der Waals surface area contributed by atoms with E-state index in [0.29, 0.717) is 33.4 Å². The average Bonchev–Trinajstić information content (AvgIpc) is 2.05. The first kappa shape index (κ1) is 10.3. The Morgan fingerprint density at radius 2 is 2.42 bits per heavy atom. The molecule has 1 saturated heterocycles. The minimum absolute atomic E-state index is 0.294. The van der Waals surface area contributed by atoms with E-state index in [1.165, 1.54) is 17.4 Å². The molecule has 1 heterocycles. The molecule has 1 atom stereocenters. The second kappa shape index (κ2) is 5.03. The van der Waals surface area contributed by atoms with Gasteiger partial charge in [0.25, 0.3) is 0 Å². The zero-order valence-corrected chi connectivity index (χ0v) is 9.91. The van der Waals surface area contributed by atoms with Gasteiger partial charge in [0.1, 0.15) is 0 Å². The molecule has 0 aromatic rings. The van der Waals surface area contributed by atoms with Crippen molar-refractivity contribution >= 4 is 0 Å². The van der Waals surface area contributed by atoms with Crippen LogP contribution in [0.25, 0.3) is 0 Å². The maximum absolute atomic E-state index is 8.58. The Morgan fingerprint density at radius 3 is 3.00 bits per heavy atom. The van der Waals surface area contributed by atoms with Crippen LogP contribution in [0.1, 0.15) is 26.7 Å². The van der Waals surface area contributed by atoms with Crippen LogP contribution in [0.4, 0.5) is 0 Å². The summed E-state index contributed by atoms with van der Waals surface area (Å²) >= 11 is 0.294. The molecule has 2 nitrogen and oxygen atoms in total. The predicted octanol–water partition coefficient (Wildman–Crippen LogP) is -1.37. The molecule has 0 aliphatic carbocycles. The van der Waals surface area contributed by atoms with E-state index in [4.69, 9.17) is 5.26 Å². The second-order valence-corrected chi connectivity index (χ2v) is 6.50. The van der Waals surface area contributed by atoms with Crippen LogP contribution in [-0.4, -0.2) is 20.1 Å². The minimum atomic E-state index is 0.294. The van der Waals surface area contributed by atoms with Gasteiger partial charge < -0.3 is 0 Å². The van der Waals surface area contributed by atoms with E-state index in [1.54, 1.807) is 0 Å². The third-order valence-electron chi connectivity index (χ3n) is 2.13. The van der Waals surface area contributed by atoms with E-state index in [2.05, 4.69) is 23.0 Å². The third-order valence-corrected chi connectivity index (χ3v) is 5.62. The van der Waals surface area contributed by atoms with Crippen molar-refractivity contribution in [2.45, 2.75) is 32.7 Å². The molecule has 0 aromatic heterocycles. The van der Waals surface area contributed by atoms with Crippen molar-refractivity contribution < 1.29 is 21.5 Å². The number of hydrogen-bond donors (Lipinski definition) is 0. The second-order valence-electron chi connectivity index (χ2n) is 3.50. The molecule has 0 amide bonds. The van der Waals surface area contributed by atoms with Crippen molar-refractivity contribution in [1.29, 1.82) is 5.26 Å². The van der Waals surface area contributed by atoms with Gasteiger partial charge in [0.2, 0.25) is 0 Å². The van der Waals surface area contributed by atoms with Gasteiger partial charge in [-0.3, -0.25) is 0 Å². The van der Waals surface area contributed by atoms with E-state index >= 15 is 0 Å². The molecule has 3 heteroatoms. The normalized spacial score (nSPS) is 26.3. The summed E-state index contributed by atoms with van der Waals surface area (Å²) in [6, 6.07) is 2.98. The molecule has 0 saturated carbocycles. The molecule has 0 spiro atoms. The SMILES string of the molecule is CC(C)N1CC(CC#N)CC[I-]1. The first-order valence-corrected chi connectivity index (χ1v) is 6.96. The van der Waals surface area contributed by atoms with Gasteiger partial charge in [0, 0.05) is 0 Å². The number of halogens is 1. The van der Waals surface area contributed by atoms with E-state index in [-0.39, 0.29) is 0 Å². The molecule has 1 aliphatic rings. The van der Waals surface area contributed by atoms with Crippen molar-refractivity contribution in [3.05, 3.63) is 0 Å². The molecular formula is C9H16IN2-. The van der Waals surface area contributed by atoms with Crippen LogP contribution in [0.2, 0.25) is 0 Å². The van der Waals surface area contributed by atoms with Gasteiger partial charge in [-0.05, 0) is 0 Å². The number of alkyl halides is 1. The topological polar surface area (TPSA) is 27.0 Å². The summed E-state index contributed by atoms with van der Waals surface area (Å²) in [7, 11) is 0. The van der Waals surface area contributed by atoms with Crippen LogP contribution in [-0.2, 0) is 0 Å². The van der Waals surface area contributed by atoms with Crippen molar-refractivity contribution in [3.8, 4) is 6.07 Å². The summed E-state index contributed by atoms with van der Waals surface area (Å²) in [5, 5.41) is 8.58. The fourth-order valence-corrected chi connectivity index (χ4v) is 4.75. The van der Waals surface area contributed by atoms with E-state index in [0.717, 1.165) is 6.42 Å². The Kier molecular flexibility index (Phi) is 4.30. The predicted molar refractivity (Wildman–Crippen MR) is 45.0 cm³/mol. The quantitative estimate of drug-likeness (QED) is 0.354. The number of hydrogen-bond acceptors (Lipinski definition) is 2.